The Hall–Kier alpha value is -3.58. The molecule has 7 nitrogen and oxygen atoms in total. The lowest BCUT2D eigenvalue weighted by molar-refractivity contribution is -0.384. The maximum Gasteiger partial charge on any atom is 0.288 e. The topological polar surface area (TPSA) is 98.0 Å². The SMILES string of the molecule is O=C(/C=C/c1ccc(Cl)c([N+](=O)[O-])c1)Nc1cnc(-c2ccccc2)nc1. The van der Waals surface area contributed by atoms with Gasteiger partial charge in [0.15, 0.2) is 5.82 Å². The molecule has 0 saturated heterocycles. The van der Waals surface area contributed by atoms with E-state index in [1.807, 2.05) is 30.3 Å². The third-order valence-electron chi connectivity index (χ3n) is 3.55. The van der Waals surface area contributed by atoms with Gasteiger partial charge in [-0.05, 0) is 17.7 Å². The minimum Gasteiger partial charge on any atom is -0.320 e. The van der Waals surface area contributed by atoms with Crippen LogP contribution in [0, 0.1) is 10.1 Å². The van der Waals surface area contributed by atoms with Gasteiger partial charge in [0.1, 0.15) is 5.02 Å². The van der Waals surface area contributed by atoms with Crippen molar-refractivity contribution in [3.05, 3.63) is 87.7 Å². The first-order chi connectivity index (χ1) is 13.0. The van der Waals surface area contributed by atoms with E-state index in [-0.39, 0.29) is 10.7 Å². The molecule has 27 heavy (non-hydrogen) atoms. The first kappa shape index (κ1) is 18.2. The van der Waals surface area contributed by atoms with E-state index >= 15 is 0 Å². The molecule has 3 rings (SSSR count). The molecule has 0 atom stereocenters. The van der Waals surface area contributed by atoms with Gasteiger partial charge >= 0.3 is 0 Å². The molecule has 3 aromatic rings. The van der Waals surface area contributed by atoms with Gasteiger partial charge in [-0.2, -0.15) is 0 Å². The predicted molar refractivity (Wildman–Crippen MR) is 103 cm³/mol. The van der Waals surface area contributed by atoms with Crippen LogP contribution in [-0.2, 0) is 4.79 Å². The van der Waals surface area contributed by atoms with E-state index < -0.39 is 10.8 Å². The van der Waals surface area contributed by atoms with Crippen molar-refractivity contribution >= 4 is 35.0 Å². The van der Waals surface area contributed by atoms with Crippen LogP contribution in [0.25, 0.3) is 17.5 Å². The van der Waals surface area contributed by atoms with Crippen molar-refractivity contribution in [2.75, 3.05) is 5.32 Å². The van der Waals surface area contributed by atoms with Crippen LogP contribution < -0.4 is 5.32 Å². The maximum atomic E-state index is 12.0. The van der Waals surface area contributed by atoms with Gasteiger partial charge in [-0.1, -0.05) is 48.0 Å². The third kappa shape index (κ3) is 4.74. The first-order valence-electron chi connectivity index (χ1n) is 7.83. The number of anilines is 1. The second kappa shape index (κ2) is 8.20. The summed E-state index contributed by atoms with van der Waals surface area (Å²) >= 11 is 5.76. The van der Waals surface area contributed by atoms with Gasteiger partial charge in [-0.15, -0.1) is 0 Å². The first-order valence-corrected chi connectivity index (χ1v) is 8.21. The number of aromatic nitrogens is 2. The summed E-state index contributed by atoms with van der Waals surface area (Å²) in [5.74, 6) is 0.140. The molecule has 2 aromatic carbocycles. The average Bonchev–Trinajstić information content (AvgIpc) is 2.68. The number of hydrogen-bond acceptors (Lipinski definition) is 5. The van der Waals surface area contributed by atoms with Gasteiger partial charge < -0.3 is 5.32 Å². The summed E-state index contributed by atoms with van der Waals surface area (Å²) < 4.78 is 0. The van der Waals surface area contributed by atoms with E-state index in [9.17, 15) is 14.9 Å². The smallest absolute Gasteiger partial charge is 0.288 e. The van der Waals surface area contributed by atoms with Crippen LogP contribution >= 0.6 is 11.6 Å². The fourth-order valence-corrected chi connectivity index (χ4v) is 2.44. The van der Waals surface area contributed by atoms with E-state index in [1.165, 1.54) is 36.7 Å². The van der Waals surface area contributed by atoms with Crippen LogP contribution in [0.5, 0.6) is 0 Å². The largest absolute Gasteiger partial charge is 0.320 e. The second-order valence-electron chi connectivity index (χ2n) is 5.45. The number of hydrogen-bond donors (Lipinski definition) is 1. The third-order valence-corrected chi connectivity index (χ3v) is 3.87. The predicted octanol–water partition coefficient (Wildman–Crippen LogP) is 4.36. The van der Waals surface area contributed by atoms with Crippen molar-refractivity contribution < 1.29 is 9.72 Å². The monoisotopic (exact) mass is 380 g/mol. The lowest BCUT2D eigenvalue weighted by atomic mass is 10.2. The molecule has 1 aromatic heterocycles. The molecule has 0 spiro atoms. The van der Waals surface area contributed by atoms with Gasteiger partial charge in [-0.3, -0.25) is 14.9 Å². The van der Waals surface area contributed by atoms with Crippen LogP contribution in [0.3, 0.4) is 0 Å². The van der Waals surface area contributed by atoms with Crippen LogP contribution in [0.4, 0.5) is 11.4 Å². The zero-order valence-electron chi connectivity index (χ0n) is 13.9. The Bertz CT molecular complexity index is 1010. The Morgan fingerprint density at radius 1 is 1.11 bits per heavy atom. The molecule has 0 bridgehead atoms. The molecule has 1 N–H and O–H groups in total. The van der Waals surface area contributed by atoms with Gasteiger partial charge in [0, 0.05) is 17.7 Å². The summed E-state index contributed by atoms with van der Waals surface area (Å²) in [5, 5.41) is 13.6. The number of nitrogens with one attached hydrogen (secondary N) is 1. The Kier molecular flexibility index (Phi) is 5.53. The number of nitro benzene ring substituents is 1. The minimum atomic E-state index is -0.578. The van der Waals surface area contributed by atoms with Gasteiger partial charge in [0.2, 0.25) is 5.91 Å². The number of amides is 1. The zero-order chi connectivity index (χ0) is 19.2. The van der Waals surface area contributed by atoms with E-state index in [2.05, 4.69) is 15.3 Å². The summed E-state index contributed by atoms with van der Waals surface area (Å²) in [6.45, 7) is 0. The number of benzene rings is 2. The fourth-order valence-electron chi connectivity index (χ4n) is 2.26. The van der Waals surface area contributed by atoms with E-state index in [1.54, 1.807) is 6.07 Å². The Morgan fingerprint density at radius 2 is 1.81 bits per heavy atom. The number of rotatable bonds is 5. The van der Waals surface area contributed by atoms with Gasteiger partial charge in [0.05, 0.1) is 23.0 Å². The Balaban J connectivity index is 1.66. The Labute approximate surface area is 159 Å². The molecule has 0 fully saturated rings. The maximum absolute atomic E-state index is 12.0. The van der Waals surface area contributed by atoms with Crippen molar-refractivity contribution in [1.29, 1.82) is 0 Å². The minimum absolute atomic E-state index is 0.0391. The number of carbonyl (C=O) groups excluding carboxylic acids is 1. The lowest BCUT2D eigenvalue weighted by Crippen LogP contribution is -2.08. The molecule has 0 unspecified atom stereocenters. The molecule has 0 aliphatic rings. The lowest BCUT2D eigenvalue weighted by Gasteiger charge is -2.03. The molecule has 1 heterocycles. The molecule has 1 amide bonds. The van der Waals surface area contributed by atoms with E-state index in [0.717, 1.165) is 5.56 Å². The van der Waals surface area contributed by atoms with Crippen LogP contribution in [0.2, 0.25) is 5.02 Å². The fraction of sp³-hybridized carbons (Fsp3) is 0. The highest BCUT2D eigenvalue weighted by Crippen LogP contribution is 2.25. The second-order valence-corrected chi connectivity index (χ2v) is 5.86. The number of carbonyl (C=O) groups is 1. The van der Waals surface area contributed by atoms with Crippen molar-refractivity contribution in [3.63, 3.8) is 0 Å². The van der Waals surface area contributed by atoms with E-state index in [0.29, 0.717) is 17.1 Å². The summed E-state index contributed by atoms with van der Waals surface area (Å²) in [6.07, 6.45) is 5.73. The van der Waals surface area contributed by atoms with Crippen LogP contribution in [-0.4, -0.2) is 20.8 Å². The van der Waals surface area contributed by atoms with Crippen molar-refractivity contribution in [2.45, 2.75) is 0 Å². The molecule has 0 aliphatic heterocycles. The molecule has 0 saturated carbocycles. The summed E-state index contributed by atoms with van der Waals surface area (Å²) in [6, 6.07) is 13.7. The molecule has 8 heteroatoms. The van der Waals surface area contributed by atoms with Crippen molar-refractivity contribution in [1.82, 2.24) is 9.97 Å². The highest BCUT2D eigenvalue weighted by Gasteiger charge is 2.11. The standard InChI is InChI=1S/C19H13ClN4O3/c20-16-8-6-13(10-17(16)24(26)27)7-9-18(25)23-15-11-21-19(22-12-15)14-4-2-1-3-5-14/h1-12H,(H,23,25)/b9-7+. The van der Waals surface area contributed by atoms with Crippen LogP contribution in [0.1, 0.15) is 5.56 Å². The quantitative estimate of drug-likeness (QED) is 0.403. The summed E-state index contributed by atoms with van der Waals surface area (Å²) in [5.41, 5.74) is 1.58. The van der Waals surface area contributed by atoms with Crippen molar-refractivity contribution in [2.24, 2.45) is 0 Å². The normalized spacial score (nSPS) is 10.7. The molecular formula is C19H13ClN4O3. The van der Waals surface area contributed by atoms with Crippen molar-refractivity contribution in [3.8, 4) is 11.4 Å². The summed E-state index contributed by atoms with van der Waals surface area (Å²) in [4.78, 5) is 30.8. The molecular weight excluding hydrogens is 368 g/mol. The molecule has 134 valence electrons. The Morgan fingerprint density at radius 3 is 2.48 bits per heavy atom. The highest BCUT2D eigenvalue weighted by molar-refractivity contribution is 6.32. The number of nitrogens with zero attached hydrogens (tertiary/aromatic N) is 3. The number of nitro groups is 1. The number of halogens is 1. The van der Waals surface area contributed by atoms with E-state index in [4.69, 9.17) is 11.6 Å². The van der Waals surface area contributed by atoms with Crippen LogP contribution in [0.15, 0.2) is 67.0 Å². The van der Waals surface area contributed by atoms with Gasteiger partial charge in [-0.25, -0.2) is 9.97 Å². The molecule has 0 aliphatic carbocycles. The highest BCUT2D eigenvalue weighted by atomic mass is 35.5. The van der Waals surface area contributed by atoms with Gasteiger partial charge in [0.25, 0.3) is 5.69 Å². The summed E-state index contributed by atoms with van der Waals surface area (Å²) in [7, 11) is 0. The average molecular weight is 381 g/mol. The molecule has 0 radical (unpaired) electrons. The zero-order valence-corrected chi connectivity index (χ0v) is 14.6.